The highest BCUT2D eigenvalue weighted by Crippen LogP contribution is 2.28. The molecule has 0 spiro atoms. The lowest BCUT2D eigenvalue weighted by molar-refractivity contribution is -0.122. The van der Waals surface area contributed by atoms with E-state index in [9.17, 15) is 4.79 Å². The number of aryl methyl sites for hydroxylation is 4. The Balaban J connectivity index is 1.28. The second-order valence-electron chi connectivity index (χ2n) is 8.64. The molecule has 4 rings (SSSR count). The lowest BCUT2D eigenvalue weighted by atomic mass is 10.1. The third-order valence-corrected chi connectivity index (χ3v) is 6.08. The molecule has 1 fully saturated rings. The SMILES string of the molecule is Cc1ccc(OCCCCn2c(CCCNC(=O)C3CC3)nc3ccccc32)cc1C. The number of rotatable bonds is 11. The molecule has 1 aliphatic carbocycles. The summed E-state index contributed by atoms with van der Waals surface area (Å²) in [6, 6.07) is 14.6. The van der Waals surface area contributed by atoms with Crippen molar-refractivity contribution in [2.45, 2.75) is 58.9 Å². The number of nitrogens with one attached hydrogen (secondary N) is 1. The molecule has 0 saturated heterocycles. The highest BCUT2D eigenvalue weighted by molar-refractivity contribution is 5.80. The average molecular weight is 420 g/mol. The van der Waals surface area contributed by atoms with Crippen LogP contribution in [0.5, 0.6) is 5.75 Å². The Kier molecular flexibility index (Phi) is 6.90. The van der Waals surface area contributed by atoms with Gasteiger partial charge in [-0.3, -0.25) is 4.79 Å². The van der Waals surface area contributed by atoms with E-state index in [1.807, 2.05) is 12.1 Å². The van der Waals surface area contributed by atoms with E-state index in [2.05, 4.69) is 54.1 Å². The number of hydrogen-bond donors (Lipinski definition) is 1. The maximum Gasteiger partial charge on any atom is 0.223 e. The molecule has 0 aliphatic heterocycles. The minimum absolute atomic E-state index is 0.220. The molecule has 1 N–H and O–H groups in total. The number of nitrogens with zero attached hydrogens (tertiary/aromatic N) is 2. The minimum Gasteiger partial charge on any atom is -0.494 e. The summed E-state index contributed by atoms with van der Waals surface area (Å²) in [7, 11) is 0. The second kappa shape index (κ2) is 9.99. The van der Waals surface area contributed by atoms with Crippen LogP contribution in [0, 0.1) is 19.8 Å². The Morgan fingerprint density at radius 3 is 2.74 bits per heavy atom. The first-order valence-corrected chi connectivity index (χ1v) is 11.5. The van der Waals surface area contributed by atoms with Crippen molar-refractivity contribution in [2.24, 2.45) is 5.92 Å². The number of aromatic nitrogens is 2. The van der Waals surface area contributed by atoms with Gasteiger partial charge in [0.25, 0.3) is 0 Å². The topological polar surface area (TPSA) is 56.1 Å². The Morgan fingerprint density at radius 1 is 1.10 bits per heavy atom. The number of carbonyl (C=O) groups is 1. The molecule has 0 bridgehead atoms. The fourth-order valence-electron chi connectivity index (χ4n) is 3.88. The van der Waals surface area contributed by atoms with Crippen molar-refractivity contribution >= 4 is 16.9 Å². The van der Waals surface area contributed by atoms with Gasteiger partial charge in [-0.1, -0.05) is 18.2 Å². The van der Waals surface area contributed by atoms with Gasteiger partial charge < -0.3 is 14.6 Å². The number of amides is 1. The maximum absolute atomic E-state index is 11.8. The Bertz CT molecular complexity index is 1040. The molecule has 31 heavy (non-hydrogen) atoms. The van der Waals surface area contributed by atoms with Gasteiger partial charge in [0.05, 0.1) is 17.6 Å². The van der Waals surface area contributed by atoms with Crippen LogP contribution in [-0.4, -0.2) is 28.6 Å². The number of para-hydroxylation sites is 2. The number of ether oxygens (including phenoxy) is 1. The van der Waals surface area contributed by atoms with E-state index in [0.29, 0.717) is 0 Å². The normalized spacial score (nSPS) is 13.5. The fourth-order valence-corrected chi connectivity index (χ4v) is 3.88. The van der Waals surface area contributed by atoms with Gasteiger partial charge in [0.15, 0.2) is 0 Å². The van der Waals surface area contributed by atoms with Gasteiger partial charge in [-0.2, -0.15) is 0 Å². The molecule has 1 aliphatic rings. The maximum atomic E-state index is 11.8. The van der Waals surface area contributed by atoms with Crippen molar-refractivity contribution in [3.63, 3.8) is 0 Å². The predicted octanol–water partition coefficient (Wildman–Crippen LogP) is 4.97. The van der Waals surface area contributed by atoms with Gasteiger partial charge in [-0.05, 0) is 81.3 Å². The molecule has 3 aromatic rings. The third kappa shape index (κ3) is 5.66. The zero-order chi connectivity index (χ0) is 21.6. The van der Waals surface area contributed by atoms with E-state index in [0.717, 1.165) is 75.3 Å². The van der Waals surface area contributed by atoms with E-state index in [1.165, 1.54) is 16.6 Å². The summed E-state index contributed by atoms with van der Waals surface area (Å²) >= 11 is 0. The van der Waals surface area contributed by atoms with Crippen molar-refractivity contribution < 1.29 is 9.53 Å². The Morgan fingerprint density at radius 2 is 1.94 bits per heavy atom. The van der Waals surface area contributed by atoms with Crippen LogP contribution in [0.2, 0.25) is 0 Å². The van der Waals surface area contributed by atoms with Crippen molar-refractivity contribution in [2.75, 3.05) is 13.2 Å². The molecule has 2 aromatic carbocycles. The molecular weight excluding hydrogens is 386 g/mol. The first-order valence-electron chi connectivity index (χ1n) is 11.5. The number of carbonyl (C=O) groups excluding carboxylic acids is 1. The summed E-state index contributed by atoms with van der Waals surface area (Å²) in [5.41, 5.74) is 4.79. The molecule has 0 unspecified atom stereocenters. The number of unbranched alkanes of at least 4 members (excludes halogenated alkanes) is 1. The second-order valence-corrected chi connectivity index (χ2v) is 8.64. The number of fused-ring (bicyclic) bond motifs is 1. The van der Waals surface area contributed by atoms with Crippen molar-refractivity contribution in [3.05, 3.63) is 59.4 Å². The molecule has 164 valence electrons. The minimum atomic E-state index is 0.220. The predicted molar refractivity (Wildman–Crippen MR) is 124 cm³/mol. The van der Waals surface area contributed by atoms with E-state index in [1.54, 1.807) is 0 Å². The number of imidazole rings is 1. The molecule has 0 atom stereocenters. The smallest absolute Gasteiger partial charge is 0.223 e. The molecule has 5 nitrogen and oxygen atoms in total. The molecule has 1 heterocycles. The van der Waals surface area contributed by atoms with Gasteiger partial charge in [0.2, 0.25) is 5.91 Å². The highest BCUT2D eigenvalue weighted by atomic mass is 16.5. The zero-order valence-electron chi connectivity index (χ0n) is 18.7. The number of hydrogen-bond acceptors (Lipinski definition) is 3. The summed E-state index contributed by atoms with van der Waals surface area (Å²) in [5.74, 6) is 2.55. The molecular formula is C26H33N3O2. The van der Waals surface area contributed by atoms with Crippen LogP contribution in [0.15, 0.2) is 42.5 Å². The first-order chi connectivity index (χ1) is 15.1. The molecule has 1 aromatic heterocycles. The van der Waals surface area contributed by atoms with Crippen LogP contribution in [0.4, 0.5) is 0 Å². The monoisotopic (exact) mass is 419 g/mol. The van der Waals surface area contributed by atoms with E-state index in [-0.39, 0.29) is 11.8 Å². The lowest BCUT2D eigenvalue weighted by Gasteiger charge is -2.11. The summed E-state index contributed by atoms with van der Waals surface area (Å²) < 4.78 is 8.28. The molecule has 1 saturated carbocycles. The zero-order valence-corrected chi connectivity index (χ0v) is 18.7. The van der Waals surface area contributed by atoms with Crippen molar-refractivity contribution in [1.82, 2.24) is 14.9 Å². The van der Waals surface area contributed by atoms with Crippen LogP contribution in [0.1, 0.15) is 49.1 Å². The quantitative estimate of drug-likeness (QED) is 0.446. The van der Waals surface area contributed by atoms with Crippen molar-refractivity contribution in [1.29, 1.82) is 0 Å². The van der Waals surface area contributed by atoms with Crippen LogP contribution < -0.4 is 10.1 Å². The van der Waals surface area contributed by atoms with Crippen LogP contribution in [0.25, 0.3) is 11.0 Å². The lowest BCUT2D eigenvalue weighted by Crippen LogP contribution is -2.26. The average Bonchev–Trinajstić information content (AvgIpc) is 3.56. The summed E-state index contributed by atoms with van der Waals surface area (Å²) in [6.07, 6.45) is 5.92. The largest absolute Gasteiger partial charge is 0.494 e. The Hall–Kier alpha value is -2.82. The van der Waals surface area contributed by atoms with Gasteiger partial charge in [0, 0.05) is 25.4 Å². The van der Waals surface area contributed by atoms with Crippen molar-refractivity contribution in [3.8, 4) is 5.75 Å². The summed E-state index contributed by atoms with van der Waals surface area (Å²) in [6.45, 7) is 6.61. The first kappa shape index (κ1) is 21.4. The highest BCUT2D eigenvalue weighted by Gasteiger charge is 2.29. The summed E-state index contributed by atoms with van der Waals surface area (Å²) in [5, 5.41) is 3.06. The van der Waals surface area contributed by atoms with Gasteiger partial charge in [-0.15, -0.1) is 0 Å². The fraction of sp³-hybridized carbons (Fsp3) is 0.462. The van der Waals surface area contributed by atoms with Crippen LogP contribution in [0.3, 0.4) is 0 Å². The third-order valence-electron chi connectivity index (χ3n) is 6.08. The molecule has 5 heteroatoms. The summed E-state index contributed by atoms with van der Waals surface area (Å²) in [4.78, 5) is 16.7. The molecule has 1 amide bonds. The van der Waals surface area contributed by atoms with Crippen LogP contribution in [-0.2, 0) is 17.8 Å². The van der Waals surface area contributed by atoms with Gasteiger partial charge >= 0.3 is 0 Å². The van der Waals surface area contributed by atoms with Gasteiger partial charge in [0.1, 0.15) is 11.6 Å². The van der Waals surface area contributed by atoms with E-state index < -0.39 is 0 Å². The van der Waals surface area contributed by atoms with Crippen LogP contribution >= 0.6 is 0 Å². The number of benzene rings is 2. The standard InChI is InChI=1S/C26H33N3O2/c1-19-11-14-22(18-20(19)2)31-17-6-5-16-29-24-9-4-3-8-23(24)28-25(29)10-7-15-27-26(30)21-12-13-21/h3-4,8-9,11,14,18,21H,5-7,10,12-13,15-17H2,1-2H3,(H,27,30). The Labute approximate surface area is 184 Å². The van der Waals surface area contributed by atoms with E-state index in [4.69, 9.17) is 9.72 Å². The van der Waals surface area contributed by atoms with E-state index >= 15 is 0 Å². The van der Waals surface area contributed by atoms with Gasteiger partial charge in [-0.25, -0.2) is 4.98 Å². The molecule has 0 radical (unpaired) electrons.